The lowest BCUT2D eigenvalue weighted by Crippen LogP contribution is -2.31. The van der Waals surface area contributed by atoms with E-state index in [-0.39, 0.29) is 30.1 Å². The van der Waals surface area contributed by atoms with Crippen LogP contribution in [0.5, 0.6) is 5.75 Å². The second-order valence-corrected chi connectivity index (χ2v) is 4.31. The van der Waals surface area contributed by atoms with Crippen molar-refractivity contribution in [2.45, 2.75) is 25.8 Å². The molecule has 0 saturated carbocycles. The third-order valence-electron chi connectivity index (χ3n) is 2.85. The van der Waals surface area contributed by atoms with Crippen LogP contribution >= 0.6 is 0 Å². The molecule has 5 heteroatoms. The summed E-state index contributed by atoms with van der Waals surface area (Å²) in [7, 11) is 0. The summed E-state index contributed by atoms with van der Waals surface area (Å²) in [6.45, 7) is 1.65. The lowest BCUT2D eigenvalue weighted by Gasteiger charge is -2.14. The summed E-state index contributed by atoms with van der Waals surface area (Å²) in [6.07, 6.45) is 1.18. The van der Waals surface area contributed by atoms with E-state index in [4.69, 9.17) is 4.74 Å². The molecule has 0 aromatic heterocycles. The van der Waals surface area contributed by atoms with Gasteiger partial charge in [0.2, 0.25) is 5.91 Å². The fourth-order valence-electron chi connectivity index (χ4n) is 1.90. The zero-order chi connectivity index (χ0) is 13.1. The Morgan fingerprint density at radius 3 is 2.94 bits per heavy atom. The van der Waals surface area contributed by atoms with Gasteiger partial charge in [0.05, 0.1) is 11.6 Å². The average molecular weight is 251 g/mol. The Labute approximate surface area is 104 Å². The van der Waals surface area contributed by atoms with Crippen LogP contribution in [0.25, 0.3) is 0 Å². The Morgan fingerprint density at radius 1 is 1.56 bits per heavy atom. The molecule has 2 rings (SSSR count). The number of halogens is 1. The molecule has 1 aliphatic rings. The standard InChI is InChI=1S/C13H14FNO3/c1-8(16)11-4-2-9(14)6-12(11)18-7-10-3-5-13(17)15-10/h2,4,6,10H,3,5,7H2,1H3,(H,15,17). The first kappa shape index (κ1) is 12.5. The number of rotatable bonds is 4. The van der Waals surface area contributed by atoms with Gasteiger partial charge in [0.1, 0.15) is 18.2 Å². The van der Waals surface area contributed by atoms with E-state index in [0.717, 1.165) is 0 Å². The molecule has 18 heavy (non-hydrogen) atoms. The third kappa shape index (κ3) is 2.85. The van der Waals surface area contributed by atoms with Gasteiger partial charge in [-0.15, -0.1) is 0 Å². The van der Waals surface area contributed by atoms with Crippen LogP contribution in [-0.4, -0.2) is 24.3 Å². The minimum atomic E-state index is -0.453. The van der Waals surface area contributed by atoms with Crippen LogP contribution in [0.3, 0.4) is 0 Å². The Kier molecular flexibility index (Phi) is 3.60. The first-order chi connectivity index (χ1) is 8.56. The summed E-state index contributed by atoms with van der Waals surface area (Å²) in [4.78, 5) is 22.4. The number of amides is 1. The van der Waals surface area contributed by atoms with Gasteiger partial charge in [-0.05, 0) is 25.5 Å². The first-order valence-electron chi connectivity index (χ1n) is 5.79. The molecule has 4 nitrogen and oxygen atoms in total. The molecule has 0 bridgehead atoms. The van der Waals surface area contributed by atoms with E-state index >= 15 is 0 Å². The van der Waals surface area contributed by atoms with Gasteiger partial charge in [-0.2, -0.15) is 0 Å². The quantitative estimate of drug-likeness (QED) is 0.828. The Balaban J connectivity index is 2.06. The number of ketones is 1. The van der Waals surface area contributed by atoms with Crippen molar-refractivity contribution in [3.05, 3.63) is 29.6 Å². The van der Waals surface area contributed by atoms with Crippen LogP contribution in [0.1, 0.15) is 30.1 Å². The molecule has 1 aromatic carbocycles. The lowest BCUT2D eigenvalue weighted by atomic mass is 10.1. The van der Waals surface area contributed by atoms with Crippen molar-refractivity contribution in [1.29, 1.82) is 0 Å². The number of carbonyl (C=O) groups excluding carboxylic acids is 2. The van der Waals surface area contributed by atoms with Crippen LogP contribution in [0, 0.1) is 5.82 Å². The average Bonchev–Trinajstić information content (AvgIpc) is 2.72. The smallest absolute Gasteiger partial charge is 0.220 e. The van der Waals surface area contributed by atoms with Gasteiger partial charge in [0.15, 0.2) is 5.78 Å². The highest BCUT2D eigenvalue weighted by molar-refractivity contribution is 5.96. The summed E-state index contributed by atoms with van der Waals surface area (Å²) in [5, 5.41) is 2.74. The van der Waals surface area contributed by atoms with Crippen LogP contribution in [0.4, 0.5) is 4.39 Å². The van der Waals surface area contributed by atoms with Crippen molar-refractivity contribution >= 4 is 11.7 Å². The predicted octanol–water partition coefficient (Wildman–Crippen LogP) is 1.69. The summed E-state index contributed by atoms with van der Waals surface area (Å²) in [5.41, 5.74) is 0.348. The molecule has 1 N–H and O–H groups in total. The number of Topliss-reactive ketones (excluding diaryl/α,β-unsaturated/α-hetero) is 1. The molecule has 1 aliphatic heterocycles. The fourth-order valence-corrected chi connectivity index (χ4v) is 1.90. The maximum Gasteiger partial charge on any atom is 0.220 e. The molecule has 1 saturated heterocycles. The lowest BCUT2D eigenvalue weighted by molar-refractivity contribution is -0.119. The molecule has 1 fully saturated rings. The summed E-state index contributed by atoms with van der Waals surface area (Å²) in [6, 6.07) is 3.75. The summed E-state index contributed by atoms with van der Waals surface area (Å²) < 4.78 is 18.5. The van der Waals surface area contributed by atoms with Crippen molar-refractivity contribution < 1.29 is 18.7 Å². The van der Waals surface area contributed by atoms with Gasteiger partial charge in [0, 0.05) is 12.5 Å². The number of ether oxygens (including phenoxy) is 1. The molecular formula is C13H14FNO3. The summed E-state index contributed by atoms with van der Waals surface area (Å²) >= 11 is 0. The highest BCUT2D eigenvalue weighted by atomic mass is 19.1. The van der Waals surface area contributed by atoms with Gasteiger partial charge in [-0.3, -0.25) is 9.59 Å². The number of hydrogen-bond acceptors (Lipinski definition) is 3. The van der Waals surface area contributed by atoms with E-state index < -0.39 is 5.82 Å². The van der Waals surface area contributed by atoms with E-state index in [0.29, 0.717) is 18.4 Å². The Hall–Kier alpha value is -1.91. The molecule has 0 aliphatic carbocycles. The molecule has 1 amide bonds. The molecule has 96 valence electrons. The topological polar surface area (TPSA) is 55.4 Å². The molecule has 0 spiro atoms. The molecule has 0 radical (unpaired) electrons. The molecular weight excluding hydrogens is 237 g/mol. The fraction of sp³-hybridized carbons (Fsp3) is 0.385. The van der Waals surface area contributed by atoms with Gasteiger partial charge >= 0.3 is 0 Å². The van der Waals surface area contributed by atoms with E-state index in [1.165, 1.54) is 25.1 Å². The summed E-state index contributed by atoms with van der Waals surface area (Å²) in [5.74, 6) is -0.413. The molecule has 1 aromatic rings. The highest BCUT2D eigenvalue weighted by Crippen LogP contribution is 2.21. The van der Waals surface area contributed by atoms with Crippen molar-refractivity contribution in [2.75, 3.05) is 6.61 Å². The minimum Gasteiger partial charge on any atom is -0.491 e. The largest absolute Gasteiger partial charge is 0.491 e. The van der Waals surface area contributed by atoms with E-state index in [9.17, 15) is 14.0 Å². The van der Waals surface area contributed by atoms with Gasteiger partial charge in [-0.1, -0.05) is 0 Å². The first-order valence-corrected chi connectivity index (χ1v) is 5.79. The minimum absolute atomic E-state index is 0.00497. The number of carbonyl (C=O) groups is 2. The maximum absolute atomic E-state index is 13.1. The van der Waals surface area contributed by atoms with Crippen molar-refractivity contribution in [1.82, 2.24) is 5.32 Å². The van der Waals surface area contributed by atoms with Gasteiger partial charge in [0.25, 0.3) is 0 Å². The number of benzene rings is 1. The Bertz CT molecular complexity index is 487. The van der Waals surface area contributed by atoms with Crippen molar-refractivity contribution in [3.63, 3.8) is 0 Å². The zero-order valence-corrected chi connectivity index (χ0v) is 10.0. The Morgan fingerprint density at radius 2 is 2.33 bits per heavy atom. The van der Waals surface area contributed by atoms with E-state index in [1.54, 1.807) is 0 Å². The maximum atomic E-state index is 13.1. The van der Waals surface area contributed by atoms with Crippen LogP contribution in [-0.2, 0) is 4.79 Å². The SMILES string of the molecule is CC(=O)c1ccc(F)cc1OCC1CCC(=O)N1. The molecule has 1 atom stereocenters. The van der Waals surface area contributed by atoms with Crippen LogP contribution < -0.4 is 10.1 Å². The second-order valence-electron chi connectivity index (χ2n) is 4.31. The van der Waals surface area contributed by atoms with E-state index in [1.807, 2.05) is 0 Å². The van der Waals surface area contributed by atoms with Crippen molar-refractivity contribution in [3.8, 4) is 5.75 Å². The zero-order valence-electron chi connectivity index (χ0n) is 10.0. The molecule has 1 unspecified atom stereocenters. The molecule has 1 heterocycles. The van der Waals surface area contributed by atoms with Gasteiger partial charge in [-0.25, -0.2) is 4.39 Å². The van der Waals surface area contributed by atoms with E-state index in [2.05, 4.69) is 5.32 Å². The highest BCUT2D eigenvalue weighted by Gasteiger charge is 2.21. The normalized spacial score (nSPS) is 18.6. The number of nitrogens with one attached hydrogen (secondary N) is 1. The third-order valence-corrected chi connectivity index (χ3v) is 2.85. The van der Waals surface area contributed by atoms with Crippen LogP contribution in [0.2, 0.25) is 0 Å². The van der Waals surface area contributed by atoms with Crippen molar-refractivity contribution in [2.24, 2.45) is 0 Å². The monoisotopic (exact) mass is 251 g/mol. The predicted molar refractivity (Wildman–Crippen MR) is 63.1 cm³/mol. The number of hydrogen-bond donors (Lipinski definition) is 1. The van der Waals surface area contributed by atoms with Crippen LogP contribution in [0.15, 0.2) is 18.2 Å². The second kappa shape index (κ2) is 5.16. The van der Waals surface area contributed by atoms with Gasteiger partial charge < -0.3 is 10.1 Å².